The van der Waals surface area contributed by atoms with Crippen molar-refractivity contribution in [1.82, 2.24) is 25.2 Å². The van der Waals surface area contributed by atoms with Crippen LogP contribution in [-0.2, 0) is 7.05 Å². The summed E-state index contributed by atoms with van der Waals surface area (Å²) in [6.07, 6.45) is 0.764. The number of aromatic nitrogens is 3. The largest absolute Gasteiger partial charge is 0.432 e. The minimum Gasteiger partial charge on any atom is -0.375 e. The van der Waals surface area contributed by atoms with Crippen LogP contribution < -0.4 is 10.6 Å². The third-order valence-electron chi connectivity index (χ3n) is 4.17. The Morgan fingerprint density at radius 1 is 1.24 bits per heavy atom. The molecule has 0 fully saturated rings. The Kier molecular flexibility index (Phi) is 5.35. The highest BCUT2D eigenvalue weighted by Crippen LogP contribution is 2.23. The number of rotatable bonds is 5. The molecule has 3 rings (SSSR count). The molecule has 150 valence electrons. The topological polar surface area (TPSA) is 95.7 Å². The first-order valence-corrected chi connectivity index (χ1v) is 8.42. The highest BCUT2D eigenvalue weighted by Gasteiger charge is 2.33. The number of amides is 1. The van der Waals surface area contributed by atoms with Crippen molar-refractivity contribution < 1.29 is 18.0 Å². The molecule has 0 aliphatic heterocycles. The standard InChI is InChI=1S/C19H17F3N6O/c1-24-17(7-16(23)19(20,21)22)27-18(29)12-4-3-11-5-13(8-26-14(11)6-12)15-9-25-10-28(15)2/h3-10,23-24H,1-2H3,(H,27,29)/b17-7+,23-16?. The smallest absolute Gasteiger partial charge is 0.375 e. The maximum Gasteiger partial charge on any atom is 0.432 e. The molecule has 7 nitrogen and oxygen atoms in total. The number of imidazole rings is 1. The number of hydrogen-bond donors (Lipinski definition) is 3. The van der Waals surface area contributed by atoms with E-state index in [9.17, 15) is 18.0 Å². The Balaban J connectivity index is 1.84. The zero-order valence-corrected chi connectivity index (χ0v) is 15.5. The predicted octanol–water partition coefficient (Wildman–Crippen LogP) is 3.01. The van der Waals surface area contributed by atoms with Crippen molar-refractivity contribution in [1.29, 1.82) is 5.41 Å². The van der Waals surface area contributed by atoms with E-state index < -0.39 is 17.8 Å². The van der Waals surface area contributed by atoms with Gasteiger partial charge < -0.3 is 15.2 Å². The Morgan fingerprint density at radius 3 is 2.62 bits per heavy atom. The Hall–Kier alpha value is -3.69. The van der Waals surface area contributed by atoms with Gasteiger partial charge in [0.2, 0.25) is 0 Å². The van der Waals surface area contributed by atoms with Crippen molar-refractivity contribution >= 4 is 22.5 Å². The summed E-state index contributed by atoms with van der Waals surface area (Å²) in [7, 11) is 3.21. The summed E-state index contributed by atoms with van der Waals surface area (Å²) in [5.74, 6) is -0.864. The van der Waals surface area contributed by atoms with Crippen LogP contribution in [0.1, 0.15) is 10.4 Å². The van der Waals surface area contributed by atoms with Gasteiger partial charge in [-0.2, -0.15) is 13.2 Å². The quantitative estimate of drug-likeness (QED) is 0.572. The second-order valence-electron chi connectivity index (χ2n) is 6.19. The minimum absolute atomic E-state index is 0.220. The van der Waals surface area contributed by atoms with Crippen LogP contribution in [0.2, 0.25) is 0 Å². The van der Waals surface area contributed by atoms with E-state index in [4.69, 9.17) is 5.41 Å². The average molecular weight is 402 g/mol. The second-order valence-corrected chi connectivity index (χ2v) is 6.19. The lowest BCUT2D eigenvalue weighted by molar-refractivity contribution is -0.0584. The van der Waals surface area contributed by atoms with Crippen LogP contribution >= 0.6 is 0 Å². The molecular formula is C19H17F3N6O. The maximum absolute atomic E-state index is 12.5. The lowest BCUT2D eigenvalue weighted by Crippen LogP contribution is -2.32. The van der Waals surface area contributed by atoms with Gasteiger partial charge in [0, 0.05) is 42.9 Å². The van der Waals surface area contributed by atoms with Gasteiger partial charge >= 0.3 is 6.18 Å². The fraction of sp³-hybridized carbons (Fsp3) is 0.158. The van der Waals surface area contributed by atoms with Crippen LogP contribution in [0.25, 0.3) is 22.2 Å². The summed E-state index contributed by atoms with van der Waals surface area (Å²) < 4.78 is 39.4. The molecule has 0 saturated heterocycles. The number of allylic oxidation sites excluding steroid dienone is 1. The van der Waals surface area contributed by atoms with E-state index in [0.717, 1.165) is 16.6 Å². The fourth-order valence-electron chi connectivity index (χ4n) is 2.63. The highest BCUT2D eigenvalue weighted by molar-refractivity contribution is 6.01. The van der Waals surface area contributed by atoms with Crippen LogP contribution in [0.3, 0.4) is 0 Å². The van der Waals surface area contributed by atoms with Crippen molar-refractivity contribution in [3.05, 3.63) is 60.4 Å². The average Bonchev–Trinajstić information content (AvgIpc) is 3.11. The van der Waals surface area contributed by atoms with Crippen LogP contribution in [-0.4, -0.2) is 39.4 Å². The van der Waals surface area contributed by atoms with E-state index in [1.54, 1.807) is 36.9 Å². The van der Waals surface area contributed by atoms with E-state index in [1.807, 2.05) is 17.7 Å². The normalized spacial score (nSPS) is 12.1. The van der Waals surface area contributed by atoms with E-state index in [0.29, 0.717) is 11.6 Å². The Bertz CT molecular complexity index is 1120. The fourth-order valence-corrected chi connectivity index (χ4v) is 2.63. The maximum atomic E-state index is 12.5. The van der Waals surface area contributed by atoms with E-state index >= 15 is 0 Å². The van der Waals surface area contributed by atoms with Crippen LogP contribution in [0, 0.1) is 5.41 Å². The molecule has 1 aromatic carbocycles. The zero-order valence-electron chi connectivity index (χ0n) is 15.5. The number of halogens is 3. The number of hydrogen-bond acceptors (Lipinski definition) is 5. The second kappa shape index (κ2) is 7.74. The molecule has 2 aromatic heterocycles. The number of benzene rings is 1. The molecule has 29 heavy (non-hydrogen) atoms. The number of alkyl halides is 3. The summed E-state index contributed by atoms with van der Waals surface area (Å²) in [6, 6.07) is 6.71. The van der Waals surface area contributed by atoms with Crippen molar-refractivity contribution in [3.8, 4) is 11.3 Å². The number of nitrogens with zero attached hydrogens (tertiary/aromatic N) is 3. The van der Waals surface area contributed by atoms with Gasteiger partial charge in [0.15, 0.2) is 0 Å². The van der Waals surface area contributed by atoms with Gasteiger partial charge in [-0.3, -0.25) is 15.2 Å². The molecular weight excluding hydrogens is 385 g/mol. The Labute approximate surface area is 163 Å². The lowest BCUT2D eigenvalue weighted by atomic mass is 10.1. The first kappa shape index (κ1) is 20.1. The number of nitrogens with one attached hydrogen (secondary N) is 3. The molecule has 1 amide bonds. The minimum atomic E-state index is -4.80. The van der Waals surface area contributed by atoms with Gasteiger partial charge in [0.25, 0.3) is 5.91 Å². The number of carbonyl (C=O) groups excluding carboxylic acids is 1. The predicted molar refractivity (Wildman–Crippen MR) is 102 cm³/mol. The van der Waals surface area contributed by atoms with E-state index in [-0.39, 0.29) is 11.4 Å². The molecule has 0 spiro atoms. The lowest BCUT2D eigenvalue weighted by Gasteiger charge is -2.11. The van der Waals surface area contributed by atoms with E-state index in [1.165, 1.54) is 7.05 Å². The van der Waals surface area contributed by atoms with Crippen molar-refractivity contribution in [2.24, 2.45) is 7.05 Å². The van der Waals surface area contributed by atoms with Crippen molar-refractivity contribution in [3.63, 3.8) is 0 Å². The van der Waals surface area contributed by atoms with Gasteiger partial charge in [-0.1, -0.05) is 6.07 Å². The highest BCUT2D eigenvalue weighted by atomic mass is 19.4. The first-order valence-electron chi connectivity index (χ1n) is 8.42. The summed E-state index contributed by atoms with van der Waals surface area (Å²) in [5, 5.41) is 12.6. The van der Waals surface area contributed by atoms with E-state index in [2.05, 4.69) is 20.6 Å². The van der Waals surface area contributed by atoms with Gasteiger partial charge in [0.05, 0.1) is 23.7 Å². The van der Waals surface area contributed by atoms with Crippen molar-refractivity contribution in [2.45, 2.75) is 6.18 Å². The molecule has 0 radical (unpaired) electrons. The first-order chi connectivity index (χ1) is 13.7. The molecule has 0 aliphatic carbocycles. The van der Waals surface area contributed by atoms with Gasteiger partial charge in [-0.25, -0.2) is 4.98 Å². The molecule has 2 heterocycles. The molecule has 10 heteroatoms. The van der Waals surface area contributed by atoms with Crippen LogP contribution in [0.15, 0.2) is 54.9 Å². The molecule has 0 saturated carbocycles. The monoisotopic (exact) mass is 402 g/mol. The number of aryl methyl sites for hydroxylation is 1. The molecule has 3 N–H and O–H groups in total. The Morgan fingerprint density at radius 2 is 2.00 bits per heavy atom. The molecule has 0 atom stereocenters. The number of pyridine rings is 1. The molecule has 0 aliphatic rings. The third kappa shape index (κ3) is 4.42. The van der Waals surface area contributed by atoms with Crippen LogP contribution in [0.5, 0.6) is 0 Å². The summed E-state index contributed by atoms with van der Waals surface area (Å²) in [6.45, 7) is 0. The van der Waals surface area contributed by atoms with Gasteiger partial charge in [0.1, 0.15) is 11.5 Å². The van der Waals surface area contributed by atoms with Gasteiger partial charge in [-0.05, 0) is 18.2 Å². The van der Waals surface area contributed by atoms with Crippen LogP contribution in [0.4, 0.5) is 13.2 Å². The molecule has 3 aromatic rings. The summed E-state index contributed by atoms with van der Waals surface area (Å²) in [4.78, 5) is 20.8. The molecule has 0 unspecified atom stereocenters. The zero-order chi connectivity index (χ0) is 21.2. The summed E-state index contributed by atoms with van der Waals surface area (Å²) in [5.41, 5.74) is 0.947. The SMILES string of the molecule is CN/C(=C\C(=N)C(F)(F)F)NC(=O)c1ccc2cc(-c3cncn3C)cnc2c1. The van der Waals surface area contributed by atoms with Crippen molar-refractivity contribution in [2.75, 3.05) is 7.05 Å². The number of carbonyl (C=O) groups is 1. The molecule has 0 bridgehead atoms. The van der Waals surface area contributed by atoms with Gasteiger partial charge in [-0.15, -0.1) is 0 Å². The summed E-state index contributed by atoms with van der Waals surface area (Å²) >= 11 is 0. The number of fused-ring (bicyclic) bond motifs is 1. The third-order valence-corrected chi connectivity index (χ3v) is 4.17.